The van der Waals surface area contributed by atoms with E-state index >= 15 is 0 Å². The Labute approximate surface area is 312 Å². The molecule has 0 aliphatic carbocycles. The van der Waals surface area contributed by atoms with Gasteiger partial charge in [0, 0.05) is 44.2 Å². The lowest BCUT2D eigenvalue weighted by molar-refractivity contribution is -0.110. The molecule has 282 valence electrons. The third kappa shape index (κ3) is 11.2. The molecule has 1 N–H and O–H groups in total. The zero-order chi connectivity index (χ0) is 37.3. The standard InChI is InChI=1S/C42H59N5O4S/c1-6-9-10-11-12-13-14-15-16-21-30-51-31-22-29-47-41(44-38-25-19-20-26-39(38)52(47,49)50)40(42(48)45-36-24-18-17-23-33(36)4)43-37-28-27-35(32-34(37)5)46(7-2)8-3/h17-20,23-28,32H,6-16,21-22,29-31H2,1-5H3,(H,45,48). The van der Waals surface area contributed by atoms with Crippen LogP contribution in [-0.4, -0.2) is 63.0 Å². The Kier molecular flexibility index (Phi) is 16.4. The van der Waals surface area contributed by atoms with Crippen LogP contribution < -0.4 is 10.2 Å². The number of aliphatic imine (C=N–C) groups is 2. The molecule has 1 aliphatic rings. The van der Waals surface area contributed by atoms with Crippen molar-refractivity contribution < 1.29 is 17.9 Å². The minimum Gasteiger partial charge on any atom is -0.381 e. The zero-order valence-corrected chi connectivity index (χ0v) is 32.8. The van der Waals surface area contributed by atoms with Gasteiger partial charge in [0.1, 0.15) is 4.90 Å². The molecular formula is C42H59N5O4S. The summed E-state index contributed by atoms with van der Waals surface area (Å²) >= 11 is 0. The van der Waals surface area contributed by atoms with Crippen LogP contribution in [0, 0.1) is 13.8 Å². The molecule has 0 radical (unpaired) electrons. The molecule has 1 aliphatic heterocycles. The number of rotatable bonds is 22. The first-order valence-electron chi connectivity index (χ1n) is 19.3. The predicted molar refractivity (Wildman–Crippen MR) is 216 cm³/mol. The Balaban J connectivity index is 1.55. The van der Waals surface area contributed by atoms with Crippen molar-refractivity contribution in [3.05, 3.63) is 77.9 Å². The number of sulfonamides is 1. The average Bonchev–Trinajstić information content (AvgIpc) is 3.13. The number of aryl methyl sites for hydroxylation is 2. The minimum absolute atomic E-state index is 0.00769. The second-order valence-electron chi connectivity index (χ2n) is 13.5. The quantitative estimate of drug-likeness (QED) is 0.0819. The highest BCUT2D eigenvalue weighted by Gasteiger charge is 2.38. The van der Waals surface area contributed by atoms with Crippen LogP contribution in [0.25, 0.3) is 0 Å². The van der Waals surface area contributed by atoms with Gasteiger partial charge in [0.15, 0.2) is 11.5 Å². The van der Waals surface area contributed by atoms with Gasteiger partial charge in [-0.05, 0) is 88.1 Å². The normalized spacial score (nSPS) is 13.8. The van der Waals surface area contributed by atoms with Crippen molar-refractivity contribution in [1.82, 2.24) is 4.31 Å². The van der Waals surface area contributed by atoms with Crippen LogP contribution in [0.5, 0.6) is 0 Å². The van der Waals surface area contributed by atoms with E-state index in [1.807, 2.05) is 56.3 Å². The number of para-hydroxylation sites is 2. The number of carbonyl (C=O) groups excluding carboxylic acids is 1. The van der Waals surface area contributed by atoms with Crippen molar-refractivity contribution in [2.24, 2.45) is 9.98 Å². The van der Waals surface area contributed by atoms with Crippen LogP contribution in [0.4, 0.5) is 22.7 Å². The molecule has 1 heterocycles. The number of hydrogen-bond donors (Lipinski definition) is 1. The molecule has 0 aromatic heterocycles. The molecular weight excluding hydrogens is 671 g/mol. The molecule has 1 amide bonds. The number of ether oxygens (including phenoxy) is 1. The first kappa shape index (κ1) is 40.7. The molecule has 52 heavy (non-hydrogen) atoms. The van der Waals surface area contributed by atoms with Crippen LogP contribution >= 0.6 is 0 Å². The maximum atomic E-state index is 14.2. The van der Waals surface area contributed by atoms with E-state index in [0.29, 0.717) is 31.0 Å². The van der Waals surface area contributed by atoms with E-state index in [1.165, 1.54) is 55.7 Å². The number of hydrogen-bond acceptors (Lipinski definition) is 7. The van der Waals surface area contributed by atoms with E-state index in [9.17, 15) is 13.2 Å². The predicted octanol–water partition coefficient (Wildman–Crippen LogP) is 9.92. The summed E-state index contributed by atoms with van der Waals surface area (Å²) in [7, 11) is -4.06. The number of amidine groups is 1. The smallest absolute Gasteiger partial charge is 0.278 e. The Morgan fingerprint density at radius 2 is 1.42 bits per heavy atom. The van der Waals surface area contributed by atoms with Crippen molar-refractivity contribution in [2.45, 2.75) is 110 Å². The zero-order valence-electron chi connectivity index (χ0n) is 32.0. The lowest BCUT2D eigenvalue weighted by Crippen LogP contribution is -2.47. The fourth-order valence-corrected chi connectivity index (χ4v) is 8.03. The van der Waals surface area contributed by atoms with Gasteiger partial charge >= 0.3 is 0 Å². The van der Waals surface area contributed by atoms with Crippen LogP contribution in [0.3, 0.4) is 0 Å². The molecule has 0 unspecified atom stereocenters. The fourth-order valence-electron chi connectivity index (χ4n) is 6.44. The summed E-state index contributed by atoms with van der Waals surface area (Å²) in [6.07, 6.45) is 13.0. The van der Waals surface area contributed by atoms with Crippen molar-refractivity contribution >= 4 is 50.2 Å². The Bertz CT molecular complexity index is 1770. The molecule has 0 bridgehead atoms. The lowest BCUT2D eigenvalue weighted by Gasteiger charge is -2.30. The monoisotopic (exact) mass is 729 g/mol. The molecule has 4 rings (SSSR count). The molecule has 3 aromatic rings. The third-order valence-corrected chi connectivity index (χ3v) is 11.4. The highest BCUT2D eigenvalue weighted by atomic mass is 32.2. The molecule has 0 spiro atoms. The lowest BCUT2D eigenvalue weighted by atomic mass is 10.1. The second kappa shape index (κ2) is 20.9. The highest BCUT2D eigenvalue weighted by Crippen LogP contribution is 2.34. The number of carbonyl (C=O) groups is 1. The minimum atomic E-state index is -4.06. The second-order valence-corrected chi connectivity index (χ2v) is 15.3. The Hall–Kier alpha value is -4.02. The SMILES string of the molecule is CCCCCCCCCCCCOCCCN1C(C(=Nc2ccc(N(CC)CC)cc2C)C(=O)Nc2ccccc2C)=Nc2ccccc2S1(=O)=O. The molecule has 0 saturated carbocycles. The van der Waals surface area contributed by atoms with Gasteiger partial charge in [-0.15, -0.1) is 0 Å². The third-order valence-electron chi connectivity index (χ3n) is 9.55. The topological polar surface area (TPSA) is 104 Å². The van der Waals surface area contributed by atoms with Gasteiger partial charge < -0.3 is 15.0 Å². The maximum absolute atomic E-state index is 14.2. The highest BCUT2D eigenvalue weighted by molar-refractivity contribution is 7.90. The van der Waals surface area contributed by atoms with Crippen molar-refractivity contribution in [1.29, 1.82) is 0 Å². The summed E-state index contributed by atoms with van der Waals surface area (Å²) in [5.74, 6) is -0.552. The van der Waals surface area contributed by atoms with Crippen molar-refractivity contribution in [2.75, 3.05) is 43.1 Å². The summed E-state index contributed by atoms with van der Waals surface area (Å²) in [4.78, 5) is 26.3. The van der Waals surface area contributed by atoms with Crippen molar-refractivity contribution in [3.8, 4) is 0 Å². The average molecular weight is 730 g/mol. The molecule has 10 heteroatoms. The summed E-state index contributed by atoms with van der Waals surface area (Å²) < 4.78 is 35.7. The summed E-state index contributed by atoms with van der Waals surface area (Å²) in [5.41, 5.74) is 4.15. The number of amides is 1. The first-order valence-corrected chi connectivity index (χ1v) is 20.7. The molecule has 3 aromatic carbocycles. The largest absolute Gasteiger partial charge is 0.381 e. The van der Waals surface area contributed by atoms with Gasteiger partial charge in [0.25, 0.3) is 15.9 Å². The van der Waals surface area contributed by atoms with Gasteiger partial charge in [-0.25, -0.2) is 22.7 Å². The fraction of sp³-hybridized carbons (Fsp3) is 0.500. The number of nitrogens with zero attached hydrogens (tertiary/aromatic N) is 4. The van der Waals surface area contributed by atoms with E-state index in [-0.39, 0.29) is 28.7 Å². The number of benzene rings is 3. The number of nitrogens with one attached hydrogen (secondary N) is 1. The number of anilines is 2. The van der Waals surface area contributed by atoms with Crippen molar-refractivity contribution in [3.63, 3.8) is 0 Å². The Morgan fingerprint density at radius 3 is 2.10 bits per heavy atom. The molecule has 0 saturated heterocycles. The van der Waals surface area contributed by atoms with Crippen LogP contribution in [0.15, 0.2) is 81.6 Å². The maximum Gasteiger partial charge on any atom is 0.278 e. The molecule has 0 fully saturated rings. The molecule has 9 nitrogen and oxygen atoms in total. The summed E-state index contributed by atoms with van der Waals surface area (Å²) in [6, 6.07) is 20.0. The van der Waals surface area contributed by atoms with E-state index in [0.717, 1.165) is 42.7 Å². The number of fused-ring (bicyclic) bond motifs is 1. The first-order chi connectivity index (χ1) is 25.2. The van der Waals surface area contributed by atoms with E-state index in [1.54, 1.807) is 24.3 Å². The van der Waals surface area contributed by atoms with Gasteiger partial charge in [0.2, 0.25) is 0 Å². The van der Waals surface area contributed by atoms with Crippen LogP contribution in [-0.2, 0) is 19.6 Å². The van der Waals surface area contributed by atoms with Gasteiger partial charge in [0.05, 0.1) is 11.4 Å². The van der Waals surface area contributed by atoms with Crippen LogP contribution in [0.2, 0.25) is 0 Å². The van der Waals surface area contributed by atoms with Gasteiger partial charge in [-0.1, -0.05) is 95.0 Å². The van der Waals surface area contributed by atoms with Gasteiger partial charge in [-0.2, -0.15) is 0 Å². The van der Waals surface area contributed by atoms with Gasteiger partial charge in [-0.3, -0.25) is 4.79 Å². The molecule has 0 atom stereocenters. The summed E-state index contributed by atoms with van der Waals surface area (Å²) in [5, 5.41) is 2.98. The van der Waals surface area contributed by atoms with E-state index < -0.39 is 15.9 Å². The van der Waals surface area contributed by atoms with E-state index in [2.05, 4.69) is 31.0 Å². The van der Waals surface area contributed by atoms with E-state index in [4.69, 9.17) is 14.7 Å². The summed E-state index contributed by atoms with van der Waals surface area (Å²) in [6.45, 7) is 13.1. The number of unbranched alkanes of at least 4 members (excludes halogenated alkanes) is 9. The van der Waals surface area contributed by atoms with Crippen LogP contribution in [0.1, 0.15) is 103 Å². The Morgan fingerprint density at radius 1 is 0.788 bits per heavy atom.